The van der Waals surface area contributed by atoms with E-state index in [1.807, 2.05) is 19.9 Å². The molecule has 1 heterocycles. The minimum atomic E-state index is -0.959. The summed E-state index contributed by atoms with van der Waals surface area (Å²) in [6.45, 7) is 5.14. The summed E-state index contributed by atoms with van der Waals surface area (Å²) >= 11 is 0. The van der Waals surface area contributed by atoms with Crippen molar-refractivity contribution in [2.45, 2.75) is 26.8 Å². The number of aliphatic hydroxyl groups excluding tert-OH is 1. The van der Waals surface area contributed by atoms with Crippen LogP contribution in [0.15, 0.2) is 72.3 Å². The SMILES string of the molecule is COc1cccc(N2C(=O)C(=O)/C(=C(/O)c3ccc(C)c(C)c3)C2c2cccc(OC(C)=O)c2)c1. The monoisotopic (exact) mass is 471 g/mol. The van der Waals surface area contributed by atoms with Crippen molar-refractivity contribution in [2.24, 2.45) is 0 Å². The summed E-state index contributed by atoms with van der Waals surface area (Å²) in [6, 6.07) is 17.7. The highest BCUT2D eigenvalue weighted by molar-refractivity contribution is 6.51. The van der Waals surface area contributed by atoms with Crippen molar-refractivity contribution in [1.29, 1.82) is 0 Å². The molecule has 1 amide bonds. The Bertz CT molecular complexity index is 1370. The highest BCUT2D eigenvalue weighted by Gasteiger charge is 2.47. The van der Waals surface area contributed by atoms with Gasteiger partial charge in [0.1, 0.15) is 17.3 Å². The molecule has 1 aliphatic rings. The Kier molecular flexibility index (Phi) is 6.42. The molecule has 7 nitrogen and oxygen atoms in total. The van der Waals surface area contributed by atoms with Gasteiger partial charge in [-0.05, 0) is 60.9 Å². The molecule has 0 bridgehead atoms. The van der Waals surface area contributed by atoms with E-state index in [0.29, 0.717) is 22.6 Å². The maximum absolute atomic E-state index is 13.3. The third-order valence-electron chi connectivity index (χ3n) is 5.99. The Labute approximate surface area is 203 Å². The zero-order valence-corrected chi connectivity index (χ0v) is 19.9. The molecule has 0 aliphatic carbocycles. The van der Waals surface area contributed by atoms with E-state index in [2.05, 4.69) is 0 Å². The van der Waals surface area contributed by atoms with Crippen molar-refractivity contribution in [3.8, 4) is 11.5 Å². The van der Waals surface area contributed by atoms with Crippen LogP contribution in [-0.2, 0) is 14.4 Å². The van der Waals surface area contributed by atoms with E-state index in [-0.39, 0.29) is 17.1 Å². The second-order valence-corrected chi connectivity index (χ2v) is 8.34. The minimum Gasteiger partial charge on any atom is -0.507 e. The fraction of sp³-hybridized carbons (Fsp3) is 0.179. The molecular weight excluding hydrogens is 446 g/mol. The molecule has 7 heteroatoms. The maximum atomic E-state index is 13.3. The molecule has 0 aromatic heterocycles. The van der Waals surface area contributed by atoms with Gasteiger partial charge < -0.3 is 14.6 Å². The Morgan fingerprint density at radius 1 is 0.914 bits per heavy atom. The maximum Gasteiger partial charge on any atom is 0.308 e. The van der Waals surface area contributed by atoms with Gasteiger partial charge in [-0.25, -0.2) is 0 Å². The second-order valence-electron chi connectivity index (χ2n) is 8.34. The number of methoxy groups -OCH3 is 1. The first-order valence-corrected chi connectivity index (χ1v) is 11.0. The van der Waals surface area contributed by atoms with Gasteiger partial charge >= 0.3 is 5.97 Å². The smallest absolute Gasteiger partial charge is 0.308 e. The quantitative estimate of drug-likeness (QED) is 0.188. The lowest BCUT2D eigenvalue weighted by atomic mass is 9.94. The van der Waals surface area contributed by atoms with Gasteiger partial charge in [-0.15, -0.1) is 0 Å². The number of carbonyl (C=O) groups excluding carboxylic acids is 3. The van der Waals surface area contributed by atoms with E-state index in [9.17, 15) is 19.5 Å². The van der Waals surface area contributed by atoms with Crippen molar-refractivity contribution in [3.63, 3.8) is 0 Å². The molecule has 1 fully saturated rings. The van der Waals surface area contributed by atoms with E-state index in [0.717, 1.165) is 11.1 Å². The van der Waals surface area contributed by atoms with Crippen molar-refractivity contribution in [1.82, 2.24) is 0 Å². The van der Waals surface area contributed by atoms with Gasteiger partial charge in [-0.1, -0.05) is 30.3 Å². The number of hydrogen-bond acceptors (Lipinski definition) is 6. The molecule has 3 aromatic carbocycles. The van der Waals surface area contributed by atoms with Gasteiger partial charge in [0, 0.05) is 24.2 Å². The number of carbonyl (C=O) groups is 3. The first-order chi connectivity index (χ1) is 16.7. The lowest BCUT2D eigenvalue weighted by molar-refractivity contribution is -0.132. The van der Waals surface area contributed by atoms with E-state index < -0.39 is 23.7 Å². The van der Waals surface area contributed by atoms with Crippen LogP contribution in [-0.4, -0.2) is 29.9 Å². The van der Waals surface area contributed by atoms with Crippen molar-refractivity contribution < 1.29 is 29.0 Å². The van der Waals surface area contributed by atoms with Crippen LogP contribution in [0.5, 0.6) is 11.5 Å². The summed E-state index contributed by atoms with van der Waals surface area (Å²) in [6.07, 6.45) is 0. The third-order valence-corrected chi connectivity index (χ3v) is 5.99. The molecule has 1 N–H and O–H groups in total. The number of anilines is 1. The summed E-state index contributed by atoms with van der Waals surface area (Å²) in [7, 11) is 1.51. The number of nitrogens with zero attached hydrogens (tertiary/aromatic N) is 1. The molecule has 3 aromatic rings. The number of ether oxygens (including phenoxy) is 2. The predicted octanol–water partition coefficient (Wildman–Crippen LogP) is 4.86. The molecular formula is C28H25NO6. The fourth-order valence-corrected chi connectivity index (χ4v) is 4.13. The van der Waals surface area contributed by atoms with Gasteiger partial charge in [0.25, 0.3) is 11.7 Å². The van der Waals surface area contributed by atoms with Crippen molar-refractivity contribution in [3.05, 3.63) is 94.6 Å². The number of amides is 1. The number of benzene rings is 3. The third kappa shape index (κ3) is 4.53. The number of Topliss-reactive ketones (excluding diaryl/α,β-unsaturated/α-hetero) is 1. The fourth-order valence-electron chi connectivity index (χ4n) is 4.13. The van der Waals surface area contributed by atoms with E-state index >= 15 is 0 Å². The molecule has 4 rings (SSSR count). The van der Waals surface area contributed by atoms with Gasteiger partial charge in [0.2, 0.25) is 0 Å². The summed E-state index contributed by atoms with van der Waals surface area (Å²) in [5, 5.41) is 11.3. The van der Waals surface area contributed by atoms with Gasteiger partial charge in [-0.2, -0.15) is 0 Å². The van der Waals surface area contributed by atoms with Gasteiger partial charge in [0.15, 0.2) is 0 Å². The number of aryl methyl sites for hydroxylation is 2. The Hall–Kier alpha value is -4.39. The highest BCUT2D eigenvalue weighted by Crippen LogP contribution is 2.43. The van der Waals surface area contributed by atoms with Gasteiger partial charge in [-0.3, -0.25) is 19.3 Å². The molecule has 1 saturated heterocycles. The van der Waals surface area contributed by atoms with Crippen LogP contribution in [0.4, 0.5) is 5.69 Å². The van der Waals surface area contributed by atoms with Crippen LogP contribution in [0.3, 0.4) is 0 Å². The molecule has 178 valence electrons. The molecule has 1 atom stereocenters. The topological polar surface area (TPSA) is 93.1 Å². The standard InChI is InChI=1S/C28H25NO6/c1-16-11-12-20(13-17(16)2)26(31)24-25(19-7-5-10-23(14-19)35-18(3)30)29(28(33)27(24)32)21-8-6-9-22(15-21)34-4/h5-15,25,31H,1-4H3/b26-24+. The molecule has 35 heavy (non-hydrogen) atoms. The summed E-state index contributed by atoms with van der Waals surface area (Å²) in [5.74, 6) is -1.61. The van der Waals surface area contributed by atoms with Crippen LogP contribution in [0.25, 0.3) is 5.76 Å². The zero-order chi connectivity index (χ0) is 25.3. The van der Waals surface area contributed by atoms with E-state index in [1.165, 1.54) is 18.9 Å². The van der Waals surface area contributed by atoms with Crippen LogP contribution < -0.4 is 14.4 Å². The van der Waals surface area contributed by atoms with Gasteiger partial charge in [0.05, 0.1) is 18.7 Å². The lowest BCUT2D eigenvalue weighted by Crippen LogP contribution is -2.29. The summed E-state index contributed by atoms with van der Waals surface area (Å²) in [4.78, 5) is 39.5. The van der Waals surface area contributed by atoms with E-state index in [1.54, 1.807) is 60.7 Å². The highest BCUT2D eigenvalue weighted by atomic mass is 16.5. The van der Waals surface area contributed by atoms with E-state index in [4.69, 9.17) is 9.47 Å². The first kappa shape index (κ1) is 23.8. The van der Waals surface area contributed by atoms with Crippen molar-refractivity contribution in [2.75, 3.05) is 12.0 Å². The number of hydrogen-bond donors (Lipinski definition) is 1. The molecule has 0 spiro atoms. The van der Waals surface area contributed by atoms with Crippen molar-refractivity contribution >= 4 is 29.1 Å². The Balaban J connectivity index is 1.95. The number of esters is 1. The lowest BCUT2D eigenvalue weighted by Gasteiger charge is -2.26. The second kappa shape index (κ2) is 9.46. The van der Waals surface area contributed by atoms with Crippen LogP contribution in [0.2, 0.25) is 0 Å². The average Bonchev–Trinajstić information content (AvgIpc) is 3.10. The number of rotatable bonds is 5. The molecule has 1 aliphatic heterocycles. The molecule has 1 unspecified atom stereocenters. The largest absolute Gasteiger partial charge is 0.507 e. The molecule has 0 radical (unpaired) electrons. The molecule has 0 saturated carbocycles. The zero-order valence-electron chi connectivity index (χ0n) is 19.9. The summed E-state index contributed by atoms with van der Waals surface area (Å²) in [5.41, 5.74) is 3.26. The normalized spacial score (nSPS) is 16.9. The minimum absolute atomic E-state index is 0.0546. The summed E-state index contributed by atoms with van der Waals surface area (Å²) < 4.78 is 10.5. The number of ketones is 1. The predicted molar refractivity (Wildman–Crippen MR) is 131 cm³/mol. The number of aliphatic hydroxyl groups is 1. The van der Waals surface area contributed by atoms with Crippen LogP contribution in [0.1, 0.15) is 35.2 Å². The first-order valence-electron chi connectivity index (χ1n) is 11.0. The average molecular weight is 472 g/mol. The Morgan fingerprint density at radius 3 is 2.31 bits per heavy atom. The van der Waals surface area contributed by atoms with Crippen LogP contribution >= 0.6 is 0 Å². The van der Waals surface area contributed by atoms with Crippen LogP contribution in [0, 0.1) is 13.8 Å². The Morgan fingerprint density at radius 2 is 1.63 bits per heavy atom.